The molecule has 29 heavy (non-hydrogen) atoms. The van der Waals surface area contributed by atoms with Crippen LogP contribution in [-0.2, 0) is 0 Å². The smallest absolute Gasteiger partial charge is 0.0499 e. The zero-order chi connectivity index (χ0) is 19.5. The van der Waals surface area contributed by atoms with Gasteiger partial charge in [-0.05, 0) is 34.7 Å². The van der Waals surface area contributed by atoms with E-state index in [-0.39, 0.29) is 0 Å². The van der Waals surface area contributed by atoms with Crippen molar-refractivity contribution in [1.29, 1.82) is 0 Å². The molecule has 0 saturated heterocycles. The Bertz CT molecular complexity index is 1230. The van der Waals surface area contributed by atoms with Gasteiger partial charge in [0.05, 0.1) is 0 Å². The number of rotatable bonds is 6. The lowest BCUT2D eigenvalue weighted by atomic mass is 10.0. The summed E-state index contributed by atoms with van der Waals surface area (Å²) >= 11 is 0. The average molecular weight is 377 g/mol. The quantitative estimate of drug-likeness (QED) is 0.245. The Hall–Kier alpha value is -3.52. The summed E-state index contributed by atoms with van der Waals surface area (Å²) < 4.78 is 0. The van der Waals surface area contributed by atoms with E-state index in [1.54, 1.807) is 0 Å². The molecule has 0 atom stereocenters. The van der Waals surface area contributed by atoms with Crippen LogP contribution in [0.3, 0.4) is 0 Å². The molecular formula is C27H24N2. The Labute approximate surface area is 171 Å². The molecule has 5 aromatic carbocycles. The molecule has 0 fully saturated rings. The van der Waals surface area contributed by atoms with Gasteiger partial charge in [-0.1, -0.05) is 84.9 Å². The van der Waals surface area contributed by atoms with Crippen LogP contribution < -0.4 is 10.6 Å². The van der Waals surface area contributed by atoms with Gasteiger partial charge in [0.2, 0.25) is 0 Å². The summed E-state index contributed by atoms with van der Waals surface area (Å²) in [6.45, 7) is 1.86. The lowest BCUT2D eigenvalue weighted by molar-refractivity contribution is 0.912. The van der Waals surface area contributed by atoms with Crippen LogP contribution in [0.1, 0.15) is 6.42 Å². The van der Waals surface area contributed by atoms with Crippen LogP contribution in [0.25, 0.3) is 32.3 Å². The minimum Gasteiger partial charge on any atom is -0.384 e. The van der Waals surface area contributed by atoms with Crippen molar-refractivity contribution in [2.75, 3.05) is 23.7 Å². The second-order valence-electron chi connectivity index (χ2n) is 7.43. The normalized spacial score (nSPS) is 11.2. The highest BCUT2D eigenvalue weighted by Gasteiger charge is 2.06. The Morgan fingerprint density at radius 1 is 0.483 bits per heavy atom. The van der Waals surface area contributed by atoms with E-state index in [0.717, 1.165) is 19.5 Å². The highest BCUT2D eigenvalue weighted by atomic mass is 14.9. The summed E-state index contributed by atoms with van der Waals surface area (Å²) in [7, 11) is 0. The van der Waals surface area contributed by atoms with Crippen molar-refractivity contribution in [2.24, 2.45) is 0 Å². The third-order valence-electron chi connectivity index (χ3n) is 5.53. The molecule has 0 heterocycles. The van der Waals surface area contributed by atoms with E-state index in [9.17, 15) is 0 Å². The van der Waals surface area contributed by atoms with Gasteiger partial charge < -0.3 is 10.6 Å². The molecule has 5 rings (SSSR count). The van der Waals surface area contributed by atoms with Gasteiger partial charge in [0.15, 0.2) is 0 Å². The minimum atomic E-state index is 0.926. The van der Waals surface area contributed by atoms with Gasteiger partial charge in [0, 0.05) is 40.6 Å². The van der Waals surface area contributed by atoms with E-state index in [2.05, 4.69) is 108 Å². The topological polar surface area (TPSA) is 24.1 Å². The SMILES string of the molecule is c1ccc2c(NCCCNc3c4ccccc4cc4ccccc34)cccc2c1. The monoisotopic (exact) mass is 376 g/mol. The molecule has 0 aliphatic carbocycles. The van der Waals surface area contributed by atoms with Gasteiger partial charge in [-0.15, -0.1) is 0 Å². The molecule has 5 aromatic rings. The first-order valence-corrected chi connectivity index (χ1v) is 10.3. The predicted molar refractivity (Wildman–Crippen MR) is 127 cm³/mol. The Morgan fingerprint density at radius 3 is 1.76 bits per heavy atom. The Morgan fingerprint density at radius 2 is 1.03 bits per heavy atom. The molecule has 0 aliphatic rings. The second-order valence-corrected chi connectivity index (χ2v) is 7.43. The summed E-state index contributed by atoms with van der Waals surface area (Å²) in [5, 5.41) is 15.0. The van der Waals surface area contributed by atoms with Gasteiger partial charge in [0.1, 0.15) is 0 Å². The maximum Gasteiger partial charge on any atom is 0.0499 e. The van der Waals surface area contributed by atoms with E-state index in [1.807, 2.05) is 0 Å². The summed E-state index contributed by atoms with van der Waals surface area (Å²) in [4.78, 5) is 0. The first kappa shape index (κ1) is 17.6. The molecule has 0 unspecified atom stereocenters. The number of anilines is 2. The largest absolute Gasteiger partial charge is 0.384 e. The molecule has 0 aromatic heterocycles. The van der Waals surface area contributed by atoms with Crippen LogP contribution >= 0.6 is 0 Å². The lowest BCUT2D eigenvalue weighted by Gasteiger charge is -2.14. The van der Waals surface area contributed by atoms with Gasteiger partial charge >= 0.3 is 0 Å². The molecular weight excluding hydrogens is 352 g/mol. The van der Waals surface area contributed by atoms with E-state index in [0.29, 0.717) is 0 Å². The molecule has 0 aliphatic heterocycles. The third kappa shape index (κ3) is 3.50. The summed E-state index contributed by atoms with van der Waals surface area (Å²) in [6.07, 6.45) is 1.04. The summed E-state index contributed by atoms with van der Waals surface area (Å²) in [5.74, 6) is 0. The summed E-state index contributed by atoms with van der Waals surface area (Å²) in [5.41, 5.74) is 2.45. The van der Waals surface area contributed by atoms with Gasteiger partial charge in [0.25, 0.3) is 0 Å². The average Bonchev–Trinajstić information content (AvgIpc) is 2.78. The summed E-state index contributed by atoms with van der Waals surface area (Å²) in [6, 6.07) is 34.5. The van der Waals surface area contributed by atoms with Crippen molar-refractivity contribution < 1.29 is 0 Å². The van der Waals surface area contributed by atoms with Crippen molar-refractivity contribution >= 4 is 43.7 Å². The molecule has 0 radical (unpaired) electrons. The fourth-order valence-electron chi connectivity index (χ4n) is 4.11. The third-order valence-corrected chi connectivity index (χ3v) is 5.53. The van der Waals surface area contributed by atoms with Gasteiger partial charge in [-0.25, -0.2) is 0 Å². The van der Waals surface area contributed by atoms with Crippen molar-refractivity contribution in [3.63, 3.8) is 0 Å². The van der Waals surface area contributed by atoms with E-state index in [4.69, 9.17) is 0 Å². The van der Waals surface area contributed by atoms with Crippen molar-refractivity contribution in [3.05, 3.63) is 97.1 Å². The second kappa shape index (κ2) is 7.84. The van der Waals surface area contributed by atoms with Crippen LogP contribution in [0.5, 0.6) is 0 Å². The number of nitrogens with one attached hydrogen (secondary N) is 2. The van der Waals surface area contributed by atoms with Crippen LogP contribution in [-0.4, -0.2) is 13.1 Å². The molecule has 2 nitrogen and oxygen atoms in total. The molecule has 0 bridgehead atoms. The molecule has 2 heteroatoms. The minimum absolute atomic E-state index is 0.926. The lowest BCUT2D eigenvalue weighted by Crippen LogP contribution is -2.09. The number of benzene rings is 5. The van der Waals surface area contributed by atoms with E-state index >= 15 is 0 Å². The van der Waals surface area contributed by atoms with Crippen molar-refractivity contribution in [1.82, 2.24) is 0 Å². The van der Waals surface area contributed by atoms with E-state index < -0.39 is 0 Å². The molecule has 0 spiro atoms. The fraction of sp³-hybridized carbons (Fsp3) is 0.111. The Kier molecular flexibility index (Phi) is 4.75. The van der Waals surface area contributed by atoms with E-state index in [1.165, 1.54) is 43.7 Å². The first-order valence-electron chi connectivity index (χ1n) is 10.3. The highest BCUT2D eigenvalue weighted by molar-refractivity contribution is 6.10. The molecule has 0 amide bonds. The molecule has 0 saturated carbocycles. The van der Waals surface area contributed by atoms with Gasteiger partial charge in [-0.3, -0.25) is 0 Å². The highest BCUT2D eigenvalue weighted by Crippen LogP contribution is 2.32. The van der Waals surface area contributed by atoms with Crippen LogP contribution in [0.15, 0.2) is 97.1 Å². The zero-order valence-electron chi connectivity index (χ0n) is 16.4. The van der Waals surface area contributed by atoms with Gasteiger partial charge in [-0.2, -0.15) is 0 Å². The zero-order valence-corrected chi connectivity index (χ0v) is 16.4. The number of hydrogen-bond donors (Lipinski definition) is 2. The maximum atomic E-state index is 3.71. The standard InChI is InChI=1S/C27H24N2/c1-4-13-23-20(9-1)12-7-16-26(23)28-17-8-18-29-27-24-14-5-2-10-21(24)19-22-11-3-6-15-25(22)27/h1-7,9-16,19,28-29H,8,17-18H2. The predicted octanol–water partition coefficient (Wildman–Crippen LogP) is 7.06. The molecule has 142 valence electrons. The van der Waals surface area contributed by atoms with Crippen LogP contribution in [0.4, 0.5) is 11.4 Å². The Balaban J connectivity index is 1.31. The number of fused-ring (bicyclic) bond motifs is 3. The van der Waals surface area contributed by atoms with Crippen molar-refractivity contribution in [2.45, 2.75) is 6.42 Å². The first-order chi connectivity index (χ1) is 14.4. The maximum absolute atomic E-state index is 3.71. The fourth-order valence-corrected chi connectivity index (χ4v) is 4.11. The van der Waals surface area contributed by atoms with Crippen LogP contribution in [0.2, 0.25) is 0 Å². The molecule has 2 N–H and O–H groups in total. The van der Waals surface area contributed by atoms with Crippen LogP contribution in [0, 0.1) is 0 Å². The number of hydrogen-bond acceptors (Lipinski definition) is 2. The van der Waals surface area contributed by atoms with Crippen molar-refractivity contribution in [3.8, 4) is 0 Å².